The molecule has 0 aromatic heterocycles. The Labute approximate surface area is 146 Å². The van der Waals surface area contributed by atoms with Gasteiger partial charge in [-0.05, 0) is 44.4 Å². The Hall–Kier alpha value is -0.850. The van der Waals surface area contributed by atoms with Crippen molar-refractivity contribution in [2.45, 2.75) is 50.7 Å². The minimum Gasteiger partial charge on any atom is -0.379 e. The zero-order chi connectivity index (χ0) is 16.6. The van der Waals surface area contributed by atoms with Gasteiger partial charge in [-0.25, -0.2) is 0 Å². The van der Waals surface area contributed by atoms with E-state index in [1.54, 1.807) is 0 Å². The summed E-state index contributed by atoms with van der Waals surface area (Å²) in [6.07, 6.45) is 8.01. The molecule has 3 fully saturated rings. The van der Waals surface area contributed by atoms with Gasteiger partial charge in [0, 0.05) is 52.5 Å². The van der Waals surface area contributed by atoms with E-state index in [2.05, 4.69) is 20.5 Å². The first-order valence-electron chi connectivity index (χ1n) is 9.73. The Morgan fingerprint density at radius 1 is 1.17 bits per heavy atom. The summed E-state index contributed by atoms with van der Waals surface area (Å²) in [5, 5.41) is 6.82. The quantitative estimate of drug-likeness (QED) is 0.337. The first kappa shape index (κ1) is 18.0. The van der Waals surface area contributed by atoms with Crippen LogP contribution in [0.25, 0.3) is 0 Å². The highest BCUT2D eigenvalue weighted by Crippen LogP contribution is 2.34. The SMILES string of the molecule is CN=C(NCCCOC1CCOC1)NCCN(CC1CC1)C1CC1. The van der Waals surface area contributed by atoms with Crippen molar-refractivity contribution in [3.8, 4) is 0 Å². The number of nitrogens with zero attached hydrogens (tertiary/aromatic N) is 2. The number of rotatable bonds is 11. The summed E-state index contributed by atoms with van der Waals surface area (Å²) in [5.41, 5.74) is 0. The molecule has 6 nitrogen and oxygen atoms in total. The summed E-state index contributed by atoms with van der Waals surface area (Å²) in [6, 6.07) is 0.860. The third-order valence-corrected chi connectivity index (χ3v) is 5.02. The molecular formula is C18H34N4O2. The van der Waals surface area contributed by atoms with E-state index >= 15 is 0 Å². The maximum Gasteiger partial charge on any atom is 0.191 e. The van der Waals surface area contributed by atoms with Gasteiger partial charge in [-0.2, -0.15) is 0 Å². The van der Waals surface area contributed by atoms with Gasteiger partial charge in [0.1, 0.15) is 0 Å². The van der Waals surface area contributed by atoms with Crippen molar-refractivity contribution in [2.24, 2.45) is 10.9 Å². The zero-order valence-corrected chi connectivity index (χ0v) is 15.1. The monoisotopic (exact) mass is 338 g/mol. The van der Waals surface area contributed by atoms with Crippen LogP contribution in [0.1, 0.15) is 38.5 Å². The van der Waals surface area contributed by atoms with Crippen molar-refractivity contribution in [3.05, 3.63) is 0 Å². The van der Waals surface area contributed by atoms with Crippen molar-refractivity contribution >= 4 is 5.96 Å². The van der Waals surface area contributed by atoms with E-state index in [0.29, 0.717) is 6.10 Å². The summed E-state index contributed by atoms with van der Waals surface area (Å²) >= 11 is 0. The van der Waals surface area contributed by atoms with Gasteiger partial charge in [-0.3, -0.25) is 9.89 Å². The van der Waals surface area contributed by atoms with Crippen molar-refractivity contribution in [2.75, 3.05) is 53.0 Å². The molecule has 138 valence electrons. The highest BCUT2D eigenvalue weighted by molar-refractivity contribution is 5.79. The van der Waals surface area contributed by atoms with Crippen molar-refractivity contribution in [1.29, 1.82) is 0 Å². The molecule has 6 heteroatoms. The number of aliphatic imine (C=N–C) groups is 1. The van der Waals surface area contributed by atoms with Gasteiger partial charge in [-0.15, -0.1) is 0 Å². The standard InChI is InChI=1S/C18H34N4O2/c1-19-18(20-8-2-11-24-17-7-12-23-14-17)21-9-10-22(16-5-6-16)13-15-3-4-15/h15-17H,2-14H2,1H3,(H2,19,20,21). The fourth-order valence-electron chi connectivity index (χ4n) is 3.21. The Morgan fingerprint density at radius 2 is 2.00 bits per heavy atom. The van der Waals surface area contributed by atoms with Gasteiger partial charge >= 0.3 is 0 Å². The lowest BCUT2D eigenvalue weighted by atomic mass is 10.3. The number of guanidine groups is 1. The molecule has 2 saturated carbocycles. The number of hydrogen-bond acceptors (Lipinski definition) is 4. The molecule has 2 N–H and O–H groups in total. The Morgan fingerprint density at radius 3 is 2.67 bits per heavy atom. The van der Waals surface area contributed by atoms with E-state index in [1.165, 1.54) is 32.2 Å². The molecular weight excluding hydrogens is 304 g/mol. The largest absolute Gasteiger partial charge is 0.379 e. The lowest BCUT2D eigenvalue weighted by Gasteiger charge is -2.22. The lowest BCUT2D eigenvalue weighted by molar-refractivity contribution is 0.0420. The predicted molar refractivity (Wildman–Crippen MR) is 96.5 cm³/mol. The molecule has 0 aromatic carbocycles. The van der Waals surface area contributed by atoms with Crippen molar-refractivity contribution in [3.63, 3.8) is 0 Å². The maximum absolute atomic E-state index is 5.78. The summed E-state index contributed by atoms with van der Waals surface area (Å²) in [4.78, 5) is 6.98. The van der Waals surface area contributed by atoms with Crippen LogP contribution in [0.15, 0.2) is 4.99 Å². The van der Waals surface area contributed by atoms with Gasteiger partial charge in [0.2, 0.25) is 0 Å². The molecule has 2 aliphatic carbocycles. The minimum atomic E-state index is 0.308. The smallest absolute Gasteiger partial charge is 0.191 e. The van der Waals surface area contributed by atoms with Crippen LogP contribution < -0.4 is 10.6 Å². The molecule has 1 unspecified atom stereocenters. The van der Waals surface area contributed by atoms with E-state index in [4.69, 9.17) is 9.47 Å². The second-order valence-electron chi connectivity index (χ2n) is 7.31. The van der Waals surface area contributed by atoms with Gasteiger partial charge < -0.3 is 20.1 Å². The molecule has 1 saturated heterocycles. The van der Waals surface area contributed by atoms with E-state index in [9.17, 15) is 0 Å². The lowest BCUT2D eigenvalue weighted by Crippen LogP contribution is -2.43. The molecule has 0 bridgehead atoms. The number of hydrogen-bond donors (Lipinski definition) is 2. The Kier molecular flexibility index (Phi) is 7.17. The van der Waals surface area contributed by atoms with Gasteiger partial charge in [-0.1, -0.05) is 0 Å². The number of nitrogens with one attached hydrogen (secondary N) is 2. The van der Waals surface area contributed by atoms with Crippen LogP contribution in [-0.4, -0.2) is 76.1 Å². The molecule has 0 aromatic rings. The number of ether oxygens (including phenoxy) is 2. The first-order valence-corrected chi connectivity index (χ1v) is 9.73. The van der Waals surface area contributed by atoms with E-state index in [-0.39, 0.29) is 0 Å². The molecule has 0 amide bonds. The van der Waals surface area contributed by atoms with Crippen LogP contribution >= 0.6 is 0 Å². The molecule has 3 aliphatic rings. The highest BCUT2D eigenvalue weighted by Gasteiger charge is 2.33. The Balaban J connectivity index is 1.21. The topological polar surface area (TPSA) is 58.1 Å². The van der Waals surface area contributed by atoms with Crippen LogP contribution in [-0.2, 0) is 9.47 Å². The molecule has 0 radical (unpaired) electrons. The van der Waals surface area contributed by atoms with E-state index in [1.807, 2.05) is 7.05 Å². The van der Waals surface area contributed by atoms with Crippen molar-refractivity contribution in [1.82, 2.24) is 15.5 Å². The van der Waals surface area contributed by atoms with Gasteiger partial charge in [0.25, 0.3) is 0 Å². The van der Waals surface area contributed by atoms with Crippen LogP contribution in [0.4, 0.5) is 0 Å². The van der Waals surface area contributed by atoms with Crippen molar-refractivity contribution < 1.29 is 9.47 Å². The normalized spacial score (nSPS) is 24.6. The molecule has 1 atom stereocenters. The molecule has 0 spiro atoms. The molecule has 24 heavy (non-hydrogen) atoms. The summed E-state index contributed by atoms with van der Waals surface area (Å²) < 4.78 is 11.1. The van der Waals surface area contributed by atoms with Crippen LogP contribution in [0.5, 0.6) is 0 Å². The fourth-order valence-corrected chi connectivity index (χ4v) is 3.21. The first-order chi connectivity index (χ1) is 11.8. The zero-order valence-electron chi connectivity index (χ0n) is 15.1. The highest BCUT2D eigenvalue weighted by atomic mass is 16.5. The summed E-state index contributed by atoms with van der Waals surface area (Å²) in [6.45, 7) is 6.69. The van der Waals surface area contributed by atoms with Gasteiger partial charge in [0.15, 0.2) is 5.96 Å². The van der Waals surface area contributed by atoms with Crippen LogP contribution in [0.2, 0.25) is 0 Å². The maximum atomic E-state index is 5.78. The third kappa shape index (κ3) is 6.57. The Bertz CT molecular complexity index is 390. The summed E-state index contributed by atoms with van der Waals surface area (Å²) in [5.74, 6) is 1.88. The fraction of sp³-hybridized carbons (Fsp3) is 0.944. The van der Waals surface area contributed by atoms with E-state index < -0.39 is 0 Å². The minimum absolute atomic E-state index is 0.308. The second-order valence-corrected chi connectivity index (χ2v) is 7.31. The summed E-state index contributed by atoms with van der Waals surface area (Å²) in [7, 11) is 1.84. The third-order valence-electron chi connectivity index (χ3n) is 5.02. The predicted octanol–water partition coefficient (Wildman–Crippen LogP) is 1.22. The second kappa shape index (κ2) is 9.59. The molecule has 3 rings (SSSR count). The molecule has 1 heterocycles. The van der Waals surface area contributed by atoms with Crippen LogP contribution in [0, 0.1) is 5.92 Å². The van der Waals surface area contributed by atoms with Crippen LogP contribution in [0.3, 0.4) is 0 Å². The molecule has 1 aliphatic heterocycles. The average molecular weight is 338 g/mol. The average Bonchev–Trinajstić information content (AvgIpc) is 3.52. The van der Waals surface area contributed by atoms with Gasteiger partial charge in [0.05, 0.1) is 12.7 Å². The van der Waals surface area contributed by atoms with E-state index in [0.717, 1.165) is 70.2 Å².